The highest BCUT2D eigenvalue weighted by atomic mass is 127. The number of nitrogens with one attached hydrogen (secondary N) is 2. The number of benzene rings is 1. The largest absolute Gasteiger partial charge is 0.357 e. The van der Waals surface area contributed by atoms with Crippen molar-refractivity contribution in [3.8, 4) is 0 Å². The van der Waals surface area contributed by atoms with E-state index in [0.717, 1.165) is 32.1 Å². The molecule has 0 radical (unpaired) electrons. The van der Waals surface area contributed by atoms with Gasteiger partial charge < -0.3 is 10.6 Å². The molecule has 1 aromatic rings. The average Bonchev–Trinajstić information content (AvgIpc) is 2.97. The molecule has 1 unspecified atom stereocenters. The monoisotopic (exact) mass is 430 g/mol. The van der Waals surface area contributed by atoms with Gasteiger partial charge in [0.2, 0.25) is 0 Å². The first-order valence-electron chi connectivity index (χ1n) is 8.54. The standard InChI is InChI=1S/C18H30N4.HI/c1-4-19-18(20-13-16-9-6-8-15(3)12-16)21-14-17-10-7-11-22(17)5-2;/h6,8-9,12,17H,4-5,7,10-11,13-14H2,1-3H3,(H2,19,20,21);1H. The van der Waals surface area contributed by atoms with Crippen LogP contribution in [0.2, 0.25) is 0 Å². The first kappa shape index (κ1) is 20.2. The third-order valence-electron chi connectivity index (χ3n) is 4.26. The van der Waals surface area contributed by atoms with Gasteiger partial charge in [-0.05, 0) is 45.3 Å². The summed E-state index contributed by atoms with van der Waals surface area (Å²) < 4.78 is 0. The second-order valence-electron chi connectivity index (χ2n) is 5.99. The molecule has 1 saturated heterocycles. The van der Waals surface area contributed by atoms with Gasteiger partial charge >= 0.3 is 0 Å². The van der Waals surface area contributed by atoms with Crippen LogP contribution in [0.1, 0.15) is 37.8 Å². The number of halogens is 1. The summed E-state index contributed by atoms with van der Waals surface area (Å²) in [6.45, 7) is 11.4. The predicted octanol–water partition coefficient (Wildman–Crippen LogP) is 3.15. The minimum Gasteiger partial charge on any atom is -0.357 e. The van der Waals surface area contributed by atoms with Gasteiger partial charge in [-0.1, -0.05) is 36.8 Å². The molecule has 23 heavy (non-hydrogen) atoms. The molecule has 2 N–H and O–H groups in total. The zero-order valence-corrected chi connectivity index (χ0v) is 17.0. The Labute approximate surface area is 158 Å². The molecule has 4 nitrogen and oxygen atoms in total. The maximum Gasteiger partial charge on any atom is 0.191 e. The number of guanidine groups is 1. The number of likely N-dealkylation sites (N-methyl/N-ethyl adjacent to an activating group) is 1. The molecule has 0 amide bonds. The fourth-order valence-electron chi connectivity index (χ4n) is 3.08. The first-order valence-corrected chi connectivity index (χ1v) is 8.54. The molecule has 1 aromatic carbocycles. The van der Waals surface area contributed by atoms with Crippen LogP contribution in [0.5, 0.6) is 0 Å². The fraction of sp³-hybridized carbons (Fsp3) is 0.611. The first-order chi connectivity index (χ1) is 10.7. The summed E-state index contributed by atoms with van der Waals surface area (Å²) in [7, 11) is 0. The summed E-state index contributed by atoms with van der Waals surface area (Å²) >= 11 is 0. The Morgan fingerprint density at radius 3 is 2.83 bits per heavy atom. The lowest BCUT2D eigenvalue weighted by Gasteiger charge is -2.24. The van der Waals surface area contributed by atoms with Gasteiger partial charge in [0.25, 0.3) is 0 Å². The zero-order chi connectivity index (χ0) is 15.8. The van der Waals surface area contributed by atoms with E-state index >= 15 is 0 Å². The molecule has 0 aromatic heterocycles. The number of hydrogen-bond donors (Lipinski definition) is 2. The molecule has 2 rings (SSSR count). The van der Waals surface area contributed by atoms with Crippen molar-refractivity contribution in [1.82, 2.24) is 15.5 Å². The topological polar surface area (TPSA) is 39.7 Å². The van der Waals surface area contributed by atoms with Crippen molar-refractivity contribution in [3.05, 3.63) is 35.4 Å². The highest BCUT2D eigenvalue weighted by Crippen LogP contribution is 2.15. The van der Waals surface area contributed by atoms with Crippen molar-refractivity contribution in [2.75, 3.05) is 26.2 Å². The van der Waals surface area contributed by atoms with Crippen LogP contribution in [0.15, 0.2) is 29.3 Å². The minimum atomic E-state index is 0. The molecule has 0 spiro atoms. The van der Waals surface area contributed by atoms with Crippen LogP contribution >= 0.6 is 24.0 Å². The van der Waals surface area contributed by atoms with Crippen LogP contribution in [0.25, 0.3) is 0 Å². The number of likely N-dealkylation sites (tertiary alicyclic amines) is 1. The molecule has 130 valence electrons. The maximum atomic E-state index is 4.71. The molecule has 1 atom stereocenters. The predicted molar refractivity (Wildman–Crippen MR) is 110 cm³/mol. The maximum absolute atomic E-state index is 4.71. The van der Waals surface area contributed by atoms with Gasteiger partial charge in [0.15, 0.2) is 5.96 Å². The van der Waals surface area contributed by atoms with Crippen molar-refractivity contribution in [3.63, 3.8) is 0 Å². The smallest absolute Gasteiger partial charge is 0.191 e. The van der Waals surface area contributed by atoms with Crippen molar-refractivity contribution in [2.24, 2.45) is 4.99 Å². The molecule has 1 aliphatic rings. The second kappa shape index (κ2) is 10.9. The third-order valence-corrected chi connectivity index (χ3v) is 4.26. The summed E-state index contributed by atoms with van der Waals surface area (Å²) in [4.78, 5) is 7.27. The molecule has 1 fully saturated rings. The molecular weight excluding hydrogens is 399 g/mol. The van der Waals surface area contributed by atoms with Gasteiger partial charge in [0, 0.05) is 19.1 Å². The molecule has 5 heteroatoms. The van der Waals surface area contributed by atoms with Crippen molar-refractivity contribution < 1.29 is 0 Å². The van der Waals surface area contributed by atoms with E-state index in [0.29, 0.717) is 6.04 Å². The Morgan fingerprint density at radius 2 is 2.13 bits per heavy atom. The minimum absolute atomic E-state index is 0. The van der Waals surface area contributed by atoms with E-state index in [1.54, 1.807) is 0 Å². The van der Waals surface area contributed by atoms with Gasteiger partial charge in [-0.2, -0.15) is 0 Å². The number of aliphatic imine (C=N–C) groups is 1. The number of aryl methyl sites for hydroxylation is 1. The second-order valence-corrected chi connectivity index (χ2v) is 5.99. The molecule has 0 aliphatic carbocycles. The Kier molecular flexibility index (Phi) is 9.55. The van der Waals surface area contributed by atoms with Crippen molar-refractivity contribution >= 4 is 29.9 Å². The quantitative estimate of drug-likeness (QED) is 0.414. The number of hydrogen-bond acceptors (Lipinski definition) is 2. The lowest BCUT2D eigenvalue weighted by Crippen LogP contribution is -2.44. The van der Waals surface area contributed by atoms with E-state index < -0.39 is 0 Å². The summed E-state index contributed by atoms with van der Waals surface area (Å²) in [6.07, 6.45) is 2.61. The van der Waals surface area contributed by atoms with Crippen molar-refractivity contribution in [2.45, 2.75) is 46.2 Å². The van der Waals surface area contributed by atoms with E-state index in [4.69, 9.17) is 4.99 Å². The molecule has 0 bridgehead atoms. The van der Waals surface area contributed by atoms with E-state index in [2.05, 4.69) is 60.6 Å². The van der Waals surface area contributed by atoms with Gasteiger partial charge in [0.1, 0.15) is 0 Å². The van der Waals surface area contributed by atoms with E-state index in [-0.39, 0.29) is 24.0 Å². The van der Waals surface area contributed by atoms with Gasteiger partial charge in [-0.15, -0.1) is 24.0 Å². The fourth-order valence-corrected chi connectivity index (χ4v) is 3.08. The number of nitrogens with zero attached hydrogens (tertiary/aromatic N) is 2. The molecule has 1 aliphatic heterocycles. The Balaban J connectivity index is 0.00000264. The summed E-state index contributed by atoms with van der Waals surface area (Å²) in [6, 6.07) is 9.19. The van der Waals surface area contributed by atoms with Gasteiger partial charge in [-0.25, -0.2) is 4.99 Å². The highest BCUT2D eigenvalue weighted by molar-refractivity contribution is 14.0. The van der Waals surface area contributed by atoms with Crippen LogP contribution in [-0.4, -0.2) is 43.1 Å². The van der Waals surface area contributed by atoms with Gasteiger partial charge in [-0.3, -0.25) is 4.90 Å². The van der Waals surface area contributed by atoms with E-state index in [1.807, 2.05) is 0 Å². The van der Waals surface area contributed by atoms with Crippen molar-refractivity contribution in [1.29, 1.82) is 0 Å². The normalized spacial score (nSPS) is 18.6. The molecular formula is C18H31IN4. The Bertz CT molecular complexity index is 490. The van der Waals surface area contributed by atoms with Crippen LogP contribution in [-0.2, 0) is 6.54 Å². The van der Waals surface area contributed by atoms with E-state index in [1.165, 1.54) is 30.5 Å². The van der Waals surface area contributed by atoms with Crippen LogP contribution in [0.3, 0.4) is 0 Å². The SMILES string of the molecule is CCNC(=NCc1cccc(C)c1)NCC1CCCN1CC.I. The summed E-state index contributed by atoms with van der Waals surface area (Å²) in [5, 5.41) is 6.85. The third kappa shape index (κ3) is 6.67. The highest BCUT2D eigenvalue weighted by Gasteiger charge is 2.22. The van der Waals surface area contributed by atoms with Gasteiger partial charge in [0.05, 0.1) is 6.54 Å². The van der Waals surface area contributed by atoms with Crippen LogP contribution < -0.4 is 10.6 Å². The Morgan fingerprint density at radius 1 is 1.30 bits per heavy atom. The Hall–Kier alpha value is -0.820. The van der Waals surface area contributed by atoms with E-state index in [9.17, 15) is 0 Å². The number of rotatable bonds is 6. The van der Waals surface area contributed by atoms with Crippen LogP contribution in [0.4, 0.5) is 0 Å². The zero-order valence-electron chi connectivity index (χ0n) is 14.6. The molecule has 1 heterocycles. The lowest BCUT2D eigenvalue weighted by atomic mass is 10.1. The average molecular weight is 430 g/mol. The molecule has 0 saturated carbocycles. The summed E-state index contributed by atoms with van der Waals surface area (Å²) in [5.41, 5.74) is 2.54. The lowest BCUT2D eigenvalue weighted by molar-refractivity contribution is 0.267. The summed E-state index contributed by atoms with van der Waals surface area (Å²) in [5.74, 6) is 0.923. The van der Waals surface area contributed by atoms with Crippen LogP contribution in [0, 0.1) is 6.92 Å².